The Hall–Kier alpha value is -2.32. The predicted molar refractivity (Wildman–Crippen MR) is 253 cm³/mol. The maximum absolute atomic E-state index is 13.4. The third-order valence-corrected chi connectivity index (χ3v) is 16.8. The predicted octanol–water partition coefficient (Wildman–Crippen LogP) is 7.17. The number of hydrogen-bond acceptors (Lipinski definition) is 15. The zero-order valence-corrected chi connectivity index (χ0v) is 44.1. The molecule has 1 N–H and O–H groups in total. The lowest BCUT2D eigenvalue weighted by atomic mass is 9.79. The van der Waals surface area contributed by atoms with Crippen molar-refractivity contribution in [2.24, 2.45) is 47.3 Å². The van der Waals surface area contributed by atoms with Crippen LogP contribution < -0.4 is 5.32 Å². The van der Waals surface area contributed by atoms with Crippen molar-refractivity contribution in [2.75, 3.05) is 13.2 Å². The van der Waals surface area contributed by atoms with Gasteiger partial charge in [-0.2, -0.15) is 0 Å². The van der Waals surface area contributed by atoms with Gasteiger partial charge in [0.2, 0.25) is 5.91 Å². The standard InChI is InChI=1S/C53H85NO15/c1-25-28(4)40(23-57-22-39-20-18-17-19-21-39)63-49(31(25)7)66-44-32(8)35(11)61-52(65-43-29(5)26(2)33(9)59-36(43)12)48(44)68-50-42(54-37(13)55)47(46-41(64-50)24-58-53(15,16)69-46)67-51-45(62-38(14)56)30(6)27(3)34(10)60-51/h17-21,25-36,40-52H,22-24H2,1-16H3,(H,54,55)/t25?,26-,27-,28+,29+,30+,31?,32+,33?,34?,35?,36+,40+,41?,42+,43?,44+,45?,46-,47?,48?,49-,50+,51+,52+/m1/s1. The molecule has 1 aromatic rings. The summed E-state index contributed by atoms with van der Waals surface area (Å²) in [6.07, 6.45) is -10.0. The number of nitrogens with one attached hydrogen (secondary N) is 1. The minimum absolute atomic E-state index is 0.00508. The van der Waals surface area contributed by atoms with E-state index in [2.05, 4.69) is 72.8 Å². The van der Waals surface area contributed by atoms with E-state index in [1.165, 1.54) is 13.8 Å². The van der Waals surface area contributed by atoms with Crippen molar-refractivity contribution in [3.8, 4) is 0 Å². The first kappa shape index (κ1) is 54.5. The molecule has 6 fully saturated rings. The van der Waals surface area contributed by atoms with Gasteiger partial charge in [-0.3, -0.25) is 9.59 Å². The molecular weight excluding hydrogens is 891 g/mol. The van der Waals surface area contributed by atoms with Gasteiger partial charge in [0, 0.05) is 31.6 Å². The molecule has 6 saturated heterocycles. The molecule has 6 heterocycles. The van der Waals surface area contributed by atoms with Gasteiger partial charge in [0.25, 0.3) is 0 Å². The number of ether oxygens (including phenoxy) is 13. The summed E-state index contributed by atoms with van der Waals surface area (Å²) in [5.74, 6) is -1.45. The lowest BCUT2D eigenvalue weighted by Crippen LogP contribution is -2.71. The molecule has 6 aliphatic rings. The van der Waals surface area contributed by atoms with Crippen LogP contribution in [0.15, 0.2) is 30.3 Å². The normalized spacial score (nSPS) is 46.9. The number of carbonyl (C=O) groups excluding carboxylic acids is 2. The van der Waals surface area contributed by atoms with Crippen LogP contribution in [-0.2, 0) is 77.8 Å². The monoisotopic (exact) mass is 976 g/mol. The van der Waals surface area contributed by atoms with Gasteiger partial charge >= 0.3 is 5.97 Å². The summed E-state index contributed by atoms with van der Waals surface area (Å²) in [5, 5.41) is 3.12. The Morgan fingerprint density at radius 1 is 0.580 bits per heavy atom. The molecule has 6 aliphatic heterocycles. The molecule has 0 aliphatic carbocycles. The summed E-state index contributed by atoms with van der Waals surface area (Å²) >= 11 is 0. The van der Waals surface area contributed by atoms with Crippen LogP contribution in [-0.4, -0.2) is 135 Å². The van der Waals surface area contributed by atoms with E-state index in [1.54, 1.807) is 0 Å². The van der Waals surface area contributed by atoms with Gasteiger partial charge in [-0.1, -0.05) is 85.7 Å². The van der Waals surface area contributed by atoms with Crippen molar-refractivity contribution in [1.82, 2.24) is 5.32 Å². The van der Waals surface area contributed by atoms with Gasteiger partial charge in [-0.15, -0.1) is 0 Å². The fourth-order valence-electron chi connectivity index (χ4n) is 11.2. The maximum Gasteiger partial charge on any atom is 0.303 e. The zero-order valence-electron chi connectivity index (χ0n) is 44.1. The van der Waals surface area contributed by atoms with E-state index in [1.807, 2.05) is 59.7 Å². The topological polar surface area (TPSA) is 166 Å². The summed E-state index contributed by atoms with van der Waals surface area (Å²) in [7, 11) is 0. The first-order valence-electron chi connectivity index (χ1n) is 25.8. The van der Waals surface area contributed by atoms with Gasteiger partial charge in [-0.25, -0.2) is 0 Å². The number of amides is 1. The first-order valence-corrected chi connectivity index (χ1v) is 25.8. The Kier molecular flexibility index (Phi) is 18.0. The Bertz CT molecular complexity index is 1820. The third kappa shape index (κ3) is 12.4. The van der Waals surface area contributed by atoms with Crippen molar-refractivity contribution in [3.63, 3.8) is 0 Å². The summed E-state index contributed by atoms with van der Waals surface area (Å²) < 4.78 is 87.5. The smallest absolute Gasteiger partial charge is 0.303 e. The molecule has 0 aromatic heterocycles. The molecule has 1 aromatic carbocycles. The van der Waals surface area contributed by atoms with Crippen molar-refractivity contribution in [2.45, 2.75) is 228 Å². The molecule has 10 unspecified atom stereocenters. The Morgan fingerprint density at radius 2 is 1.16 bits per heavy atom. The van der Waals surface area contributed by atoms with E-state index >= 15 is 0 Å². The van der Waals surface area contributed by atoms with Crippen LogP contribution in [0.1, 0.15) is 116 Å². The van der Waals surface area contributed by atoms with E-state index in [0.29, 0.717) is 13.2 Å². The van der Waals surface area contributed by atoms with E-state index in [0.717, 1.165) is 5.56 Å². The highest BCUT2D eigenvalue weighted by atomic mass is 16.8. The van der Waals surface area contributed by atoms with Crippen LogP contribution in [0.3, 0.4) is 0 Å². The molecule has 392 valence electrons. The molecule has 7 rings (SSSR count). The van der Waals surface area contributed by atoms with E-state index in [4.69, 9.17) is 61.6 Å². The third-order valence-electron chi connectivity index (χ3n) is 16.8. The SMILES string of the molecule is CC(=O)N[C@H]1C(O[C@@H]2OC(C)[C@H](C)[C@H](C)C2OC(C)=O)[C@@H]2OC(C)(C)OCC2O[C@H]1OC1[C@H](OC2[C@H](C)OC(C)[C@H](C)[C@@H]2C)OC(C)[C@H](C)[C@@H]1O[C@H]1O[C@@H](COCc2ccccc2)[C@@H](C)C(C)C1C. The average Bonchev–Trinajstić information content (AvgIpc) is 3.29. The van der Waals surface area contributed by atoms with Crippen molar-refractivity contribution in [3.05, 3.63) is 35.9 Å². The molecular formula is C53H85NO15. The number of hydrogen-bond donors (Lipinski definition) is 1. The minimum atomic E-state index is -1.19. The van der Waals surface area contributed by atoms with Crippen LogP contribution in [0.5, 0.6) is 0 Å². The van der Waals surface area contributed by atoms with Gasteiger partial charge < -0.3 is 66.9 Å². The van der Waals surface area contributed by atoms with E-state index in [9.17, 15) is 9.59 Å². The van der Waals surface area contributed by atoms with E-state index in [-0.39, 0.29) is 96.5 Å². The second-order valence-corrected chi connectivity index (χ2v) is 21.9. The highest BCUT2D eigenvalue weighted by Gasteiger charge is 2.58. The Labute approximate surface area is 411 Å². The quantitative estimate of drug-likeness (QED) is 0.187. The second kappa shape index (κ2) is 22.8. The molecule has 16 heteroatoms. The van der Waals surface area contributed by atoms with Gasteiger partial charge in [-0.05, 0) is 76.7 Å². The fraction of sp³-hybridized carbons (Fsp3) is 0.849. The van der Waals surface area contributed by atoms with Gasteiger partial charge in [0.1, 0.15) is 30.5 Å². The van der Waals surface area contributed by atoms with Gasteiger partial charge in [0.15, 0.2) is 37.1 Å². The van der Waals surface area contributed by atoms with Crippen molar-refractivity contribution in [1.29, 1.82) is 0 Å². The summed E-state index contributed by atoms with van der Waals surface area (Å²) in [6.45, 7) is 32.7. The Balaban J connectivity index is 1.24. The average molecular weight is 976 g/mol. The second-order valence-electron chi connectivity index (χ2n) is 21.9. The number of carbonyl (C=O) groups is 2. The van der Waals surface area contributed by atoms with Crippen LogP contribution in [0.2, 0.25) is 0 Å². The minimum Gasteiger partial charge on any atom is -0.457 e. The molecule has 16 nitrogen and oxygen atoms in total. The summed E-state index contributed by atoms with van der Waals surface area (Å²) in [5.41, 5.74) is 1.09. The molecule has 0 radical (unpaired) electrons. The number of esters is 1. The highest BCUT2D eigenvalue weighted by Crippen LogP contribution is 2.44. The van der Waals surface area contributed by atoms with E-state index < -0.39 is 79.6 Å². The first-order chi connectivity index (χ1) is 32.5. The van der Waals surface area contributed by atoms with Crippen molar-refractivity contribution >= 4 is 11.9 Å². The van der Waals surface area contributed by atoms with Crippen LogP contribution in [0.4, 0.5) is 0 Å². The highest BCUT2D eigenvalue weighted by molar-refractivity contribution is 5.73. The fourth-order valence-corrected chi connectivity index (χ4v) is 11.2. The van der Waals surface area contributed by atoms with Crippen LogP contribution in [0.25, 0.3) is 0 Å². The molecule has 25 atom stereocenters. The molecule has 0 spiro atoms. The summed E-state index contributed by atoms with van der Waals surface area (Å²) in [6, 6.07) is 9.13. The zero-order chi connectivity index (χ0) is 50.2. The summed E-state index contributed by atoms with van der Waals surface area (Å²) in [4.78, 5) is 26.0. The molecule has 0 saturated carbocycles. The number of benzene rings is 1. The molecule has 1 amide bonds. The van der Waals surface area contributed by atoms with Gasteiger partial charge in [0.05, 0.1) is 62.5 Å². The molecule has 0 bridgehead atoms. The molecule has 69 heavy (non-hydrogen) atoms. The maximum atomic E-state index is 13.4. The van der Waals surface area contributed by atoms with Crippen molar-refractivity contribution < 1.29 is 71.2 Å². The number of fused-ring (bicyclic) bond motifs is 1. The Morgan fingerprint density at radius 3 is 1.81 bits per heavy atom. The van der Waals surface area contributed by atoms with Crippen LogP contribution in [0, 0.1) is 47.3 Å². The van der Waals surface area contributed by atoms with Crippen LogP contribution >= 0.6 is 0 Å². The lowest BCUT2D eigenvalue weighted by molar-refractivity contribution is -0.411. The number of rotatable bonds is 14. The largest absolute Gasteiger partial charge is 0.457 e. The lowest BCUT2D eigenvalue weighted by Gasteiger charge is -2.54.